The molecule has 1 aromatic carbocycles. The molecule has 1 aromatic rings. The standard InChI is InChI=1S/C16H26N2O3/c1-12(8-9-17)4-7-16(19)18-11-13-5-6-14(20-2)10-15(13)21-3/h5-6,10,12H,4,7-9,11,17H2,1-3H3,(H,18,19). The van der Waals surface area contributed by atoms with Gasteiger partial charge in [0.1, 0.15) is 11.5 Å². The van der Waals surface area contributed by atoms with Gasteiger partial charge in [-0.1, -0.05) is 6.92 Å². The van der Waals surface area contributed by atoms with E-state index in [2.05, 4.69) is 12.2 Å². The van der Waals surface area contributed by atoms with Crippen LogP contribution in [-0.4, -0.2) is 26.7 Å². The summed E-state index contributed by atoms with van der Waals surface area (Å²) in [5.74, 6) is 1.98. The molecular formula is C16H26N2O3. The molecule has 1 amide bonds. The van der Waals surface area contributed by atoms with Crippen molar-refractivity contribution in [2.24, 2.45) is 11.7 Å². The lowest BCUT2D eigenvalue weighted by Gasteiger charge is -2.12. The van der Waals surface area contributed by atoms with E-state index in [0.29, 0.717) is 31.2 Å². The number of carbonyl (C=O) groups excluding carboxylic acids is 1. The molecule has 0 aliphatic rings. The van der Waals surface area contributed by atoms with Crippen molar-refractivity contribution in [1.29, 1.82) is 0 Å². The van der Waals surface area contributed by atoms with E-state index in [0.717, 1.165) is 24.2 Å². The second-order valence-corrected chi connectivity index (χ2v) is 5.18. The van der Waals surface area contributed by atoms with Gasteiger partial charge in [0, 0.05) is 24.6 Å². The molecule has 5 nitrogen and oxygen atoms in total. The molecule has 5 heteroatoms. The summed E-state index contributed by atoms with van der Waals surface area (Å²) in [5.41, 5.74) is 6.43. The topological polar surface area (TPSA) is 73.6 Å². The quantitative estimate of drug-likeness (QED) is 0.731. The number of ether oxygens (including phenoxy) is 2. The molecule has 21 heavy (non-hydrogen) atoms. The fourth-order valence-corrected chi connectivity index (χ4v) is 2.09. The van der Waals surface area contributed by atoms with Crippen LogP contribution in [0.5, 0.6) is 11.5 Å². The van der Waals surface area contributed by atoms with Crippen LogP contribution in [0, 0.1) is 5.92 Å². The van der Waals surface area contributed by atoms with Crippen LogP contribution in [0.3, 0.4) is 0 Å². The summed E-state index contributed by atoms with van der Waals surface area (Å²) >= 11 is 0. The maximum Gasteiger partial charge on any atom is 0.220 e. The molecule has 0 spiro atoms. The van der Waals surface area contributed by atoms with E-state index >= 15 is 0 Å². The maximum atomic E-state index is 11.8. The monoisotopic (exact) mass is 294 g/mol. The summed E-state index contributed by atoms with van der Waals surface area (Å²) in [4.78, 5) is 11.8. The van der Waals surface area contributed by atoms with Crippen LogP contribution in [0.25, 0.3) is 0 Å². The summed E-state index contributed by atoms with van der Waals surface area (Å²) in [6.45, 7) is 3.25. The summed E-state index contributed by atoms with van der Waals surface area (Å²) in [6.07, 6.45) is 2.35. The number of carbonyl (C=O) groups is 1. The lowest BCUT2D eigenvalue weighted by molar-refractivity contribution is -0.121. The molecule has 1 atom stereocenters. The van der Waals surface area contributed by atoms with Crippen molar-refractivity contribution in [2.45, 2.75) is 32.7 Å². The number of methoxy groups -OCH3 is 2. The highest BCUT2D eigenvalue weighted by Crippen LogP contribution is 2.24. The molecular weight excluding hydrogens is 268 g/mol. The van der Waals surface area contributed by atoms with Gasteiger partial charge in [-0.15, -0.1) is 0 Å². The molecule has 0 aromatic heterocycles. The summed E-state index contributed by atoms with van der Waals surface area (Å²) in [5, 5.41) is 2.92. The van der Waals surface area contributed by atoms with Gasteiger partial charge in [0.05, 0.1) is 14.2 Å². The number of nitrogens with one attached hydrogen (secondary N) is 1. The van der Waals surface area contributed by atoms with Gasteiger partial charge >= 0.3 is 0 Å². The van der Waals surface area contributed by atoms with Crippen LogP contribution in [0.2, 0.25) is 0 Å². The average molecular weight is 294 g/mol. The molecule has 118 valence electrons. The molecule has 0 heterocycles. The van der Waals surface area contributed by atoms with E-state index < -0.39 is 0 Å². The molecule has 0 bridgehead atoms. The van der Waals surface area contributed by atoms with Crippen LogP contribution in [-0.2, 0) is 11.3 Å². The van der Waals surface area contributed by atoms with Crippen molar-refractivity contribution in [2.75, 3.05) is 20.8 Å². The first kappa shape index (κ1) is 17.3. The fourth-order valence-electron chi connectivity index (χ4n) is 2.09. The van der Waals surface area contributed by atoms with Gasteiger partial charge in [0.15, 0.2) is 0 Å². The second kappa shape index (κ2) is 9.23. The Kier molecular flexibility index (Phi) is 7.61. The summed E-state index contributed by atoms with van der Waals surface area (Å²) < 4.78 is 10.5. The first-order valence-electron chi connectivity index (χ1n) is 7.28. The fraction of sp³-hybridized carbons (Fsp3) is 0.562. The predicted molar refractivity (Wildman–Crippen MR) is 83.5 cm³/mol. The summed E-state index contributed by atoms with van der Waals surface area (Å²) in [7, 11) is 3.22. The summed E-state index contributed by atoms with van der Waals surface area (Å²) in [6, 6.07) is 5.56. The largest absolute Gasteiger partial charge is 0.497 e. The van der Waals surface area contributed by atoms with Crippen LogP contribution >= 0.6 is 0 Å². The van der Waals surface area contributed by atoms with Crippen LogP contribution in [0.4, 0.5) is 0 Å². The zero-order chi connectivity index (χ0) is 15.7. The molecule has 0 radical (unpaired) electrons. The Morgan fingerprint density at radius 3 is 2.67 bits per heavy atom. The van der Waals surface area contributed by atoms with Gasteiger partial charge in [-0.05, 0) is 37.4 Å². The molecule has 0 saturated heterocycles. The molecule has 0 fully saturated rings. The number of rotatable bonds is 9. The van der Waals surface area contributed by atoms with Gasteiger partial charge in [-0.2, -0.15) is 0 Å². The third-order valence-electron chi connectivity index (χ3n) is 3.49. The Labute approximate surface area is 126 Å². The third kappa shape index (κ3) is 6.04. The zero-order valence-electron chi connectivity index (χ0n) is 13.1. The minimum absolute atomic E-state index is 0.0525. The number of benzene rings is 1. The van der Waals surface area contributed by atoms with E-state index in [-0.39, 0.29) is 5.91 Å². The minimum atomic E-state index is 0.0525. The van der Waals surface area contributed by atoms with Crippen molar-refractivity contribution >= 4 is 5.91 Å². The zero-order valence-corrected chi connectivity index (χ0v) is 13.1. The SMILES string of the molecule is COc1ccc(CNC(=O)CCC(C)CCN)c(OC)c1. The number of hydrogen-bond donors (Lipinski definition) is 2. The predicted octanol–water partition coefficient (Wildman–Crippen LogP) is 2.09. The molecule has 0 aliphatic carbocycles. The van der Waals surface area contributed by atoms with E-state index in [1.165, 1.54) is 0 Å². The second-order valence-electron chi connectivity index (χ2n) is 5.18. The molecule has 1 rings (SSSR count). The third-order valence-corrected chi connectivity index (χ3v) is 3.49. The van der Waals surface area contributed by atoms with Crippen LogP contribution in [0.15, 0.2) is 18.2 Å². The molecule has 0 aliphatic heterocycles. The highest BCUT2D eigenvalue weighted by molar-refractivity contribution is 5.75. The number of amides is 1. The maximum absolute atomic E-state index is 11.8. The lowest BCUT2D eigenvalue weighted by Crippen LogP contribution is -2.23. The Bertz CT molecular complexity index is 449. The Balaban J connectivity index is 2.45. The van der Waals surface area contributed by atoms with Crippen molar-refractivity contribution in [3.63, 3.8) is 0 Å². The Morgan fingerprint density at radius 1 is 1.29 bits per heavy atom. The van der Waals surface area contributed by atoms with Gasteiger partial charge < -0.3 is 20.5 Å². The van der Waals surface area contributed by atoms with Crippen LogP contribution < -0.4 is 20.5 Å². The van der Waals surface area contributed by atoms with E-state index in [1.807, 2.05) is 18.2 Å². The Hall–Kier alpha value is -1.75. The van der Waals surface area contributed by atoms with E-state index in [9.17, 15) is 4.79 Å². The average Bonchev–Trinajstić information content (AvgIpc) is 2.51. The normalized spacial score (nSPS) is 11.8. The van der Waals surface area contributed by atoms with Gasteiger partial charge in [0.25, 0.3) is 0 Å². The Morgan fingerprint density at radius 2 is 2.05 bits per heavy atom. The van der Waals surface area contributed by atoms with Gasteiger partial charge in [-0.25, -0.2) is 0 Å². The smallest absolute Gasteiger partial charge is 0.220 e. The first-order chi connectivity index (χ1) is 10.1. The van der Waals surface area contributed by atoms with Crippen LogP contribution in [0.1, 0.15) is 31.7 Å². The van der Waals surface area contributed by atoms with Crippen molar-refractivity contribution in [3.05, 3.63) is 23.8 Å². The number of hydrogen-bond acceptors (Lipinski definition) is 4. The minimum Gasteiger partial charge on any atom is -0.497 e. The molecule has 3 N–H and O–H groups in total. The highest BCUT2D eigenvalue weighted by Gasteiger charge is 2.09. The molecule has 0 saturated carbocycles. The van der Waals surface area contributed by atoms with Crippen molar-refractivity contribution in [1.82, 2.24) is 5.32 Å². The lowest BCUT2D eigenvalue weighted by atomic mass is 10.0. The molecule has 1 unspecified atom stereocenters. The first-order valence-corrected chi connectivity index (χ1v) is 7.28. The number of nitrogens with two attached hydrogens (primary N) is 1. The van der Waals surface area contributed by atoms with Gasteiger partial charge in [0.2, 0.25) is 5.91 Å². The van der Waals surface area contributed by atoms with Gasteiger partial charge in [-0.3, -0.25) is 4.79 Å². The van der Waals surface area contributed by atoms with Crippen molar-refractivity contribution < 1.29 is 14.3 Å². The van der Waals surface area contributed by atoms with E-state index in [1.54, 1.807) is 14.2 Å². The highest BCUT2D eigenvalue weighted by atomic mass is 16.5. The van der Waals surface area contributed by atoms with Crippen molar-refractivity contribution in [3.8, 4) is 11.5 Å². The van der Waals surface area contributed by atoms with E-state index in [4.69, 9.17) is 15.2 Å².